The van der Waals surface area contributed by atoms with E-state index in [1.165, 1.54) is 18.2 Å². The zero-order valence-electron chi connectivity index (χ0n) is 12.0. The van der Waals surface area contributed by atoms with E-state index in [2.05, 4.69) is 10.3 Å². The summed E-state index contributed by atoms with van der Waals surface area (Å²) in [5.41, 5.74) is 1.26. The van der Waals surface area contributed by atoms with Gasteiger partial charge in [-0.15, -0.1) is 0 Å². The van der Waals surface area contributed by atoms with E-state index < -0.39 is 11.8 Å². The van der Waals surface area contributed by atoms with Crippen molar-refractivity contribution < 1.29 is 19.1 Å². The standard InChI is InChI=1S/C17H13FN2O3/c18-11-6-7-14-12(8-11)13(15(20-14)17(22)23)9-19-16(21)10-4-2-1-3-5-10/h1-8,20H,9H2,(H,19,21)(H,22,23). The zero-order valence-corrected chi connectivity index (χ0v) is 12.0. The lowest BCUT2D eigenvalue weighted by atomic mass is 10.1. The molecule has 0 unspecified atom stereocenters. The highest BCUT2D eigenvalue weighted by Crippen LogP contribution is 2.23. The molecule has 6 heteroatoms. The van der Waals surface area contributed by atoms with Gasteiger partial charge in [-0.2, -0.15) is 0 Å². The number of hydrogen-bond acceptors (Lipinski definition) is 2. The molecule has 1 heterocycles. The monoisotopic (exact) mass is 312 g/mol. The molecule has 0 saturated heterocycles. The summed E-state index contributed by atoms with van der Waals surface area (Å²) < 4.78 is 13.4. The Bertz CT molecular complexity index is 887. The highest BCUT2D eigenvalue weighted by molar-refractivity contribution is 5.98. The van der Waals surface area contributed by atoms with Gasteiger partial charge in [-0.3, -0.25) is 4.79 Å². The number of carbonyl (C=O) groups is 2. The molecule has 23 heavy (non-hydrogen) atoms. The molecule has 0 spiro atoms. The van der Waals surface area contributed by atoms with Crippen LogP contribution >= 0.6 is 0 Å². The van der Waals surface area contributed by atoms with E-state index in [-0.39, 0.29) is 18.1 Å². The van der Waals surface area contributed by atoms with Gasteiger partial charge < -0.3 is 15.4 Å². The van der Waals surface area contributed by atoms with Crippen molar-refractivity contribution in [3.05, 3.63) is 71.2 Å². The van der Waals surface area contributed by atoms with Crippen molar-refractivity contribution >= 4 is 22.8 Å². The van der Waals surface area contributed by atoms with Crippen molar-refractivity contribution in [3.8, 4) is 0 Å². The molecular formula is C17H13FN2O3. The van der Waals surface area contributed by atoms with Crippen molar-refractivity contribution in [2.75, 3.05) is 0 Å². The van der Waals surface area contributed by atoms with E-state index >= 15 is 0 Å². The number of nitrogens with one attached hydrogen (secondary N) is 2. The second-order valence-corrected chi connectivity index (χ2v) is 5.02. The van der Waals surface area contributed by atoms with Gasteiger partial charge in [0.1, 0.15) is 11.5 Å². The maximum atomic E-state index is 13.4. The van der Waals surface area contributed by atoms with Crippen LogP contribution in [0.1, 0.15) is 26.4 Å². The summed E-state index contributed by atoms with van der Waals surface area (Å²) in [6.45, 7) is -0.0151. The van der Waals surface area contributed by atoms with E-state index in [1.807, 2.05) is 0 Å². The Morgan fingerprint density at radius 1 is 1.13 bits per heavy atom. The number of H-pyrrole nitrogens is 1. The van der Waals surface area contributed by atoms with E-state index in [1.54, 1.807) is 30.3 Å². The van der Waals surface area contributed by atoms with Crippen LogP contribution in [0.25, 0.3) is 10.9 Å². The number of halogens is 1. The molecule has 3 N–H and O–H groups in total. The highest BCUT2D eigenvalue weighted by Gasteiger charge is 2.18. The molecule has 5 nitrogen and oxygen atoms in total. The number of carboxylic acids is 1. The predicted octanol–water partition coefficient (Wildman–Crippen LogP) is 2.94. The number of fused-ring (bicyclic) bond motifs is 1. The van der Waals surface area contributed by atoms with E-state index in [9.17, 15) is 19.1 Å². The first-order valence-corrected chi connectivity index (χ1v) is 6.93. The summed E-state index contributed by atoms with van der Waals surface area (Å²) in [6.07, 6.45) is 0. The summed E-state index contributed by atoms with van der Waals surface area (Å²) in [5.74, 6) is -1.96. The molecule has 2 aromatic carbocycles. The van der Waals surface area contributed by atoms with Crippen LogP contribution in [0.15, 0.2) is 48.5 Å². The normalized spacial score (nSPS) is 10.7. The number of aromatic amines is 1. The van der Waals surface area contributed by atoms with Gasteiger partial charge in [0.2, 0.25) is 0 Å². The van der Waals surface area contributed by atoms with Gasteiger partial charge in [0.25, 0.3) is 5.91 Å². The Labute approximate surface area is 130 Å². The molecule has 116 valence electrons. The average molecular weight is 312 g/mol. The molecule has 0 radical (unpaired) electrons. The minimum absolute atomic E-state index is 0.0151. The maximum absolute atomic E-state index is 13.4. The summed E-state index contributed by atoms with van der Waals surface area (Å²) in [7, 11) is 0. The first-order chi connectivity index (χ1) is 11.1. The van der Waals surface area contributed by atoms with Crippen LogP contribution in [0.3, 0.4) is 0 Å². The number of benzene rings is 2. The van der Waals surface area contributed by atoms with Gasteiger partial charge in [-0.05, 0) is 30.3 Å². The molecule has 1 amide bonds. The van der Waals surface area contributed by atoms with Crippen LogP contribution in [0.2, 0.25) is 0 Å². The van der Waals surface area contributed by atoms with Crippen LogP contribution in [-0.4, -0.2) is 22.0 Å². The maximum Gasteiger partial charge on any atom is 0.352 e. The van der Waals surface area contributed by atoms with E-state index in [0.29, 0.717) is 22.0 Å². The summed E-state index contributed by atoms with van der Waals surface area (Å²) in [5, 5.41) is 12.4. The van der Waals surface area contributed by atoms with Gasteiger partial charge in [0.15, 0.2) is 0 Å². The largest absolute Gasteiger partial charge is 0.477 e. The zero-order chi connectivity index (χ0) is 16.4. The first kappa shape index (κ1) is 14.8. The number of amides is 1. The Morgan fingerprint density at radius 2 is 1.87 bits per heavy atom. The molecule has 0 bridgehead atoms. The van der Waals surface area contributed by atoms with Gasteiger partial charge in [0, 0.05) is 28.6 Å². The van der Waals surface area contributed by atoms with Gasteiger partial charge in [-0.1, -0.05) is 18.2 Å². The molecule has 0 aliphatic carbocycles. The second kappa shape index (κ2) is 5.92. The highest BCUT2D eigenvalue weighted by atomic mass is 19.1. The lowest BCUT2D eigenvalue weighted by Gasteiger charge is -2.06. The molecule has 3 aromatic rings. The number of carbonyl (C=O) groups excluding carboxylic acids is 1. The van der Waals surface area contributed by atoms with Crippen molar-refractivity contribution in [1.29, 1.82) is 0 Å². The predicted molar refractivity (Wildman–Crippen MR) is 82.8 cm³/mol. The Hall–Kier alpha value is -3.15. The summed E-state index contributed by atoms with van der Waals surface area (Å²) in [4.78, 5) is 26.2. The fourth-order valence-electron chi connectivity index (χ4n) is 2.45. The smallest absolute Gasteiger partial charge is 0.352 e. The number of aromatic nitrogens is 1. The summed E-state index contributed by atoms with van der Waals surface area (Å²) in [6, 6.07) is 12.5. The lowest BCUT2D eigenvalue weighted by molar-refractivity contribution is 0.0689. The van der Waals surface area contributed by atoms with E-state index in [4.69, 9.17) is 0 Å². The Kier molecular flexibility index (Phi) is 3.80. The fraction of sp³-hybridized carbons (Fsp3) is 0.0588. The minimum atomic E-state index is -1.16. The van der Waals surface area contributed by atoms with Crippen molar-refractivity contribution in [2.45, 2.75) is 6.54 Å². The van der Waals surface area contributed by atoms with Gasteiger partial charge in [-0.25, -0.2) is 9.18 Å². The minimum Gasteiger partial charge on any atom is -0.477 e. The first-order valence-electron chi connectivity index (χ1n) is 6.93. The van der Waals surface area contributed by atoms with Gasteiger partial charge in [0.05, 0.1) is 0 Å². The SMILES string of the molecule is O=C(NCc1c(C(=O)O)[nH]c2ccc(F)cc12)c1ccccc1. The molecule has 3 rings (SSSR count). The van der Waals surface area contributed by atoms with Crippen molar-refractivity contribution in [1.82, 2.24) is 10.3 Å². The molecule has 0 fully saturated rings. The number of hydrogen-bond donors (Lipinski definition) is 3. The molecule has 0 aliphatic heterocycles. The van der Waals surface area contributed by atoms with Crippen LogP contribution in [-0.2, 0) is 6.54 Å². The van der Waals surface area contributed by atoms with E-state index in [0.717, 1.165) is 0 Å². The summed E-state index contributed by atoms with van der Waals surface area (Å²) >= 11 is 0. The van der Waals surface area contributed by atoms with Gasteiger partial charge >= 0.3 is 5.97 Å². The van der Waals surface area contributed by atoms with Crippen LogP contribution < -0.4 is 5.32 Å². The number of carboxylic acid groups (broad SMARTS) is 1. The third kappa shape index (κ3) is 2.91. The quantitative estimate of drug-likeness (QED) is 0.692. The van der Waals surface area contributed by atoms with Crippen LogP contribution in [0.4, 0.5) is 4.39 Å². The van der Waals surface area contributed by atoms with Crippen LogP contribution in [0.5, 0.6) is 0 Å². The molecule has 1 aromatic heterocycles. The molecule has 0 saturated carbocycles. The molecule has 0 aliphatic rings. The lowest BCUT2D eigenvalue weighted by Crippen LogP contribution is -2.23. The number of rotatable bonds is 4. The molecule has 0 atom stereocenters. The third-order valence-electron chi connectivity index (χ3n) is 3.54. The topological polar surface area (TPSA) is 82.2 Å². The second-order valence-electron chi connectivity index (χ2n) is 5.02. The third-order valence-corrected chi connectivity index (χ3v) is 3.54. The Morgan fingerprint density at radius 3 is 2.57 bits per heavy atom. The Balaban J connectivity index is 1.92. The fourth-order valence-corrected chi connectivity index (χ4v) is 2.45. The van der Waals surface area contributed by atoms with Crippen molar-refractivity contribution in [3.63, 3.8) is 0 Å². The molecular weight excluding hydrogens is 299 g/mol. The number of aromatic carboxylic acids is 1. The van der Waals surface area contributed by atoms with Crippen molar-refractivity contribution in [2.24, 2.45) is 0 Å². The average Bonchev–Trinajstić information content (AvgIpc) is 2.91. The van der Waals surface area contributed by atoms with Crippen LogP contribution in [0, 0.1) is 5.82 Å².